The molecule has 0 aliphatic carbocycles. The summed E-state index contributed by atoms with van der Waals surface area (Å²) < 4.78 is 10.9. The number of ether oxygens (including phenoxy) is 2. The van der Waals surface area contributed by atoms with E-state index in [9.17, 15) is 4.79 Å². The van der Waals surface area contributed by atoms with E-state index in [1.54, 1.807) is 0 Å². The molecule has 0 aromatic carbocycles. The van der Waals surface area contributed by atoms with Crippen LogP contribution < -0.4 is 10.6 Å². The van der Waals surface area contributed by atoms with Crippen LogP contribution in [0.3, 0.4) is 0 Å². The molecule has 0 aromatic heterocycles. The molecule has 0 spiro atoms. The second-order valence-electron chi connectivity index (χ2n) is 4.75. The van der Waals surface area contributed by atoms with Gasteiger partial charge in [-0.05, 0) is 19.3 Å². The number of amides is 1. The lowest BCUT2D eigenvalue weighted by Gasteiger charge is -2.23. The number of hydrogen-bond donors (Lipinski definition) is 2. The molecule has 17 heavy (non-hydrogen) atoms. The molecule has 2 rings (SSSR count). The predicted octanol–water partition coefficient (Wildman–Crippen LogP) is -0.0923. The minimum absolute atomic E-state index is 0.0361. The Morgan fingerprint density at radius 2 is 2.29 bits per heavy atom. The lowest BCUT2D eigenvalue weighted by molar-refractivity contribution is -0.135. The molecule has 2 aliphatic heterocycles. The molecular formula is C12H22N2O3. The van der Waals surface area contributed by atoms with Gasteiger partial charge in [0.05, 0.1) is 13.2 Å². The van der Waals surface area contributed by atoms with Crippen LogP contribution >= 0.6 is 0 Å². The SMILES string of the molecule is O=C(NCC1CNCCOC1)C1CCCCO1. The molecule has 0 bridgehead atoms. The van der Waals surface area contributed by atoms with E-state index in [0.717, 1.165) is 45.6 Å². The molecule has 0 saturated carbocycles. The fourth-order valence-corrected chi connectivity index (χ4v) is 2.20. The van der Waals surface area contributed by atoms with Gasteiger partial charge in [-0.15, -0.1) is 0 Å². The average Bonchev–Trinajstić information content (AvgIpc) is 2.65. The summed E-state index contributed by atoms with van der Waals surface area (Å²) in [5.74, 6) is 0.402. The Morgan fingerprint density at radius 3 is 3.12 bits per heavy atom. The second-order valence-corrected chi connectivity index (χ2v) is 4.75. The Hall–Kier alpha value is -0.650. The summed E-state index contributed by atoms with van der Waals surface area (Å²) in [5, 5.41) is 6.26. The van der Waals surface area contributed by atoms with E-state index < -0.39 is 0 Å². The first kappa shape index (κ1) is 12.8. The summed E-state index contributed by atoms with van der Waals surface area (Å²) in [6.45, 7) is 4.68. The van der Waals surface area contributed by atoms with Crippen molar-refractivity contribution in [1.82, 2.24) is 10.6 Å². The van der Waals surface area contributed by atoms with Gasteiger partial charge in [-0.3, -0.25) is 4.79 Å². The third-order valence-electron chi connectivity index (χ3n) is 3.25. The molecule has 1 amide bonds. The van der Waals surface area contributed by atoms with Crippen molar-refractivity contribution in [2.75, 3.05) is 39.5 Å². The van der Waals surface area contributed by atoms with Gasteiger partial charge < -0.3 is 20.1 Å². The van der Waals surface area contributed by atoms with Gasteiger partial charge in [0.15, 0.2) is 0 Å². The summed E-state index contributed by atoms with van der Waals surface area (Å²) >= 11 is 0. The van der Waals surface area contributed by atoms with E-state index in [1.807, 2.05) is 0 Å². The van der Waals surface area contributed by atoms with Crippen molar-refractivity contribution in [3.8, 4) is 0 Å². The Balaban J connectivity index is 1.67. The van der Waals surface area contributed by atoms with E-state index in [1.165, 1.54) is 0 Å². The Morgan fingerprint density at radius 1 is 1.35 bits per heavy atom. The van der Waals surface area contributed by atoms with Crippen molar-refractivity contribution >= 4 is 5.91 Å². The van der Waals surface area contributed by atoms with Crippen LogP contribution in [0.2, 0.25) is 0 Å². The standard InChI is InChI=1S/C12H22N2O3/c15-12(11-3-1-2-5-17-11)14-8-10-7-13-4-6-16-9-10/h10-11,13H,1-9H2,(H,14,15). The van der Waals surface area contributed by atoms with Crippen LogP contribution in [0.1, 0.15) is 19.3 Å². The van der Waals surface area contributed by atoms with Crippen LogP contribution in [-0.4, -0.2) is 51.5 Å². The number of rotatable bonds is 3. The maximum atomic E-state index is 11.8. The minimum Gasteiger partial charge on any atom is -0.380 e. The fourth-order valence-electron chi connectivity index (χ4n) is 2.20. The number of nitrogens with one attached hydrogen (secondary N) is 2. The average molecular weight is 242 g/mol. The maximum Gasteiger partial charge on any atom is 0.249 e. The number of carbonyl (C=O) groups excluding carboxylic acids is 1. The highest BCUT2D eigenvalue weighted by atomic mass is 16.5. The molecule has 2 heterocycles. The molecule has 2 N–H and O–H groups in total. The molecule has 2 unspecified atom stereocenters. The molecule has 0 radical (unpaired) electrons. The Labute approximate surface area is 102 Å². The van der Waals surface area contributed by atoms with Crippen LogP contribution in [0, 0.1) is 5.92 Å². The zero-order valence-corrected chi connectivity index (χ0v) is 10.2. The minimum atomic E-state index is -0.233. The molecular weight excluding hydrogens is 220 g/mol. The highest BCUT2D eigenvalue weighted by molar-refractivity contribution is 5.80. The summed E-state index contributed by atoms with van der Waals surface area (Å²) in [5.41, 5.74) is 0. The van der Waals surface area contributed by atoms with Crippen molar-refractivity contribution in [2.24, 2.45) is 5.92 Å². The lowest BCUT2D eigenvalue weighted by Crippen LogP contribution is -2.42. The quantitative estimate of drug-likeness (QED) is 0.726. The highest BCUT2D eigenvalue weighted by Crippen LogP contribution is 2.12. The van der Waals surface area contributed by atoms with Crippen molar-refractivity contribution in [2.45, 2.75) is 25.4 Å². The van der Waals surface area contributed by atoms with Crippen LogP contribution in [0.5, 0.6) is 0 Å². The van der Waals surface area contributed by atoms with Gasteiger partial charge >= 0.3 is 0 Å². The van der Waals surface area contributed by atoms with E-state index >= 15 is 0 Å². The van der Waals surface area contributed by atoms with Crippen molar-refractivity contribution in [1.29, 1.82) is 0 Å². The first-order valence-electron chi connectivity index (χ1n) is 6.54. The van der Waals surface area contributed by atoms with E-state index in [4.69, 9.17) is 9.47 Å². The molecule has 2 atom stereocenters. The normalized spacial score (nSPS) is 30.6. The zero-order valence-electron chi connectivity index (χ0n) is 10.2. The van der Waals surface area contributed by atoms with E-state index in [0.29, 0.717) is 19.1 Å². The Kier molecular flexibility index (Phi) is 5.22. The fraction of sp³-hybridized carbons (Fsp3) is 0.917. The number of carbonyl (C=O) groups is 1. The van der Waals surface area contributed by atoms with Gasteiger partial charge in [0.2, 0.25) is 5.91 Å². The topological polar surface area (TPSA) is 59.6 Å². The first-order chi connectivity index (χ1) is 8.36. The van der Waals surface area contributed by atoms with Crippen LogP contribution in [0.4, 0.5) is 0 Å². The smallest absolute Gasteiger partial charge is 0.249 e. The molecule has 98 valence electrons. The van der Waals surface area contributed by atoms with Gasteiger partial charge in [-0.25, -0.2) is 0 Å². The van der Waals surface area contributed by atoms with Crippen molar-refractivity contribution < 1.29 is 14.3 Å². The van der Waals surface area contributed by atoms with Crippen LogP contribution in [0.25, 0.3) is 0 Å². The third kappa shape index (κ3) is 4.26. The third-order valence-corrected chi connectivity index (χ3v) is 3.25. The van der Waals surface area contributed by atoms with Gasteiger partial charge in [-0.2, -0.15) is 0 Å². The van der Waals surface area contributed by atoms with Crippen LogP contribution in [0.15, 0.2) is 0 Å². The molecule has 5 nitrogen and oxygen atoms in total. The molecule has 2 aliphatic rings. The van der Waals surface area contributed by atoms with Crippen LogP contribution in [-0.2, 0) is 14.3 Å². The summed E-state index contributed by atoms with van der Waals surface area (Å²) in [4.78, 5) is 11.8. The van der Waals surface area contributed by atoms with Crippen molar-refractivity contribution in [3.05, 3.63) is 0 Å². The van der Waals surface area contributed by atoms with E-state index in [-0.39, 0.29) is 12.0 Å². The second kappa shape index (κ2) is 6.93. The largest absolute Gasteiger partial charge is 0.380 e. The Bertz CT molecular complexity index is 234. The zero-order chi connectivity index (χ0) is 11.9. The lowest BCUT2D eigenvalue weighted by atomic mass is 10.1. The first-order valence-corrected chi connectivity index (χ1v) is 6.54. The summed E-state index contributed by atoms with van der Waals surface area (Å²) in [6, 6.07) is 0. The van der Waals surface area contributed by atoms with Crippen molar-refractivity contribution in [3.63, 3.8) is 0 Å². The van der Waals surface area contributed by atoms with Gasteiger partial charge in [0.25, 0.3) is 0 Å². The predicted molar refractivity (Wildman–Crippen MR) is 63.8 cm³/mol. The molecule has 5 heteroatoms. The summed E-state index contributed by atoms with van der Waals surface area (Å²) in [7, 11) is 0. The van der Waals surface area contributed by atoms with Gasteiger partial charge in [-0.1, -0.05) is 0 Å². The summed E-state index contributed by atoms with van der Waals surface area (Å²) in [6.07, 6.45) is 2.78. The number of hydrogen-bond acceptors (Lipinski definition) is 4. The van der Waals surface area contributed by atoms with Gasteiger partial charge in [0, 0.05) is 32.2 Å². The maximum absolute atomic E-state index is 11.8. The monoisotopic (exact) mass is 242 g/mol. The van der Waals surface area contributed by atoms with Gasteiger partial charge in [0.1, 0.15) is 6.10 Å². The molecule has 0 aromatic rings. The molecule has 2 fully saturated rings. The van der Waals surface area contributed by atoms with E-state index in [2.05, 4.69) is 10.6 Å². The molecule has 2 saturated heterocycles. The highest BCUT2D eigenvalue weighted by Gasteiger charge is 2.22.